The number of hydrogen-bond acceptors (Lipinski definition) is 6. The molecule has 0 aromatic heterocycles. The maximum Gasteiger partial charge on any atom is 0.315 e. The van der Waals surface area contributed by atoms with Gasteiger partial charge in [-0.15, -0.1) is 0 Å². The van der Waals surface area contributed by atoms with E-state index in [9.17, 15) is 9.59 Å². The quantitative estimate of drug-likeness (QED) is 0.451. The number of carbonyl (C=O) groups excluding carboxylic acids is 2. The molecule has 4 atom stereocenters. The van der Waals surface area contributed by atoms with Gasteiger partial charge in [0.1, 0.15) is 5.92 Å². The Kier molecular flexibility index (Phi) is 7.62. The van der Waals surface area contributed by atoms with Gasteiger partial charge in [-0.25, -0.2) is 0 Å². The smallest absolute Gasteiger partial charge is 0.315 e. The van der Waals surface area contributed by atoms with Crippen LogP contribution < -0.4 is 9.47 Å². The Morgan fingerprint density at radius 1 is 1.03 bits per heavy atom. The van der Waals surface area contributed by atoms with Crippen molar-refractivity contribution in [1.29, 1.82) is 0 Å². The van der Waals surface area contributed by atoms with Gasteiger partial charge in [0.25, 0.3) is 0 Å². The van der Waals surface area contributed by atoms with Gasteiger partial charge in [-0.1, -0.05) is 42.8 Å². The van der Waals surface area contributed by atoms with Crippen LogP contribution in [0.1, 0.15) is 68.6 Å². The van der Waals surface area contributed by atoms with Gasteiger partial charge in [0.05, 0.1) is 20.3 Å². The molecule has 6 nitrogen and oxygen atoms in total. The van der Waals surface area contributed by atoms with Gasteiger partial charge >= 0.3 is 5.97 Å². The fourth-order valence-corrected chi connectivity index (χ4v) is 5.29. The van der Waals surface area contributed by atoms with Crippen molar-refractivity contribution >= 4 is 17.5 Å². The van der Waals surface area contributed by atoms with Crippen LogP contribution in [0.3, 0.4) is 0 Å². The second kappa shape index (κ2) is 10.7. The van der Waals surface area contributed by atoms with E-state index in [4.69, 9.17) is 19.2 Å². The zero-order chi connectivity index (χ0) is 26.0. The number of aliphatic imine (C=N–C) groups is 1. The first-order valence-electron chi connectivity index (χ1n) is 12.6. The molecule has 4 rings (SSSR count). The molecular weight excluding hydrogens is 454 g/mol. The number of ether oxygens (including phenoxy) is 3. The lowest BCUT2D eigenvalue weighted by Gasteiger charge is -2.37. The summed E-state index contributed by atoms with van der Waals surface area (Å²) < 4.78 is 16.6. The van der Waals surface area contributed by atoms with Crippen LogP contribution in [0.2, 0.25) is 0 Å². The molecule has 2 aliphatic rings. The van der Waals surface area contributed by atoms with Crippen molar-refractivity contribution < 1.29 is 23.8 Å². The number of ketones is 1. The topological polar surface area (TPSA) is 74.2 Å². The van der Waals surface area contributed by atoms with E-state index in [0.717, 1.165) is 28.8 Å². The first kappa shape index (κ1) is 25.7. The minimum absolute atomic E-state index is 0.0279. The molecular formula is C30H35NO5. The number of rotatable bonds is 7. The summed E-state index contributed by atoms with van der Waals surface area (Å²) in [6.45, 7) is 7.76. The summed E-state index contributed by atoms with van der Waals surface area (Å²) in [5.41, 5.74) is 5.13. The number of hydrogen-bond donors (Lipinski definition) is 0. The second-order valence-electron chi connectivity index (χ2n) is 9.78. The van der Waals surface area contributed by atoms with Crippen LogP contribution in [0.15, 0.2) is 58.7 Å². The summed E-state index contributed by atoms with van der Waals surface area (Å²) in [5, 5.41) is 0. The number of aryl methyl sites for hydroxylation is 1. The molecule has 1 heterocycles. The highest BCUT2D eigenvalue weighted by molar-refractivity contribution is 6.09. The van der Waals surface area contributed by atoms with E-state index in [2.05, 4.69) is 6.07 Å². The molecule has 0 radical (unpaired) electrons. The lowest BCUT2D eigenvalue weighted by molar-refractivity contribution is -0.151. The first-order chi connectivity index (χ1) is 17.3. The fraction of sp³-hybridized carbons (Fsp3) is 0.433. The Labute approximate surface area is 213 Å². The van der Waals surface area contributed by atoms with Gasteiger partial charge < -0.3 is 14.2 Å². The van der Waals surface area contributed by atoms with Gasteiger partial charge in [-0.05, 0) is 62.8 Å². The van der Waals surface area contributed by atoms with E-state index in [1.807, 2.05) is 64.1 Å². The average Bonchev–Trinajstić information content (AvgIpc) is 2.86. The molecule has 0 amide bonds. The summed E-state index contributed by atoms with van der Waals surface area (Å²) in [5.74, 6) is -0.0741. The van der Waals surface area contributed by atoms with E-state index in [1.165, 1.54) is 0 Å². The molecule has 0 bridgehead atoms. The molecule has 1 aliphatic carbocycles. The maximum atomic E-state index is 13.8. The molecule has 0 fully saturated rings. The monoisotopic (exact) mass is 489 g/mol. The highest BCUT2D eigenvalue weighted by Crippen LogP contribution is 2.47. The third-order valence-electron chi connectivity index (χ3n) is 7.32. The van der Waals surface area contributed by atoms with Crippen molar-refractivity contribution in [3.8, 4) is 11.5 Å². The summed E-state index contributed by atoms with van der Waals surface area (Å²) in [4.78, 5) is 32.0. The third kappa shape index (κ3) is 4.95. The SMILES string of the molecule is CC[C@@H](C)OC(=O)C1C(C)=NC2=C(C(=O)C[C@H](c3ccc(OC)c(OC)c3)C2)[C@H]1c1cccc(C)c1. The predicted octanol–water partition coefficient (Wildman–Crippen LogP) is 5.93. The Balaban J connectivity index is 1.77. The summed E-state index contributed by atoms with van der Waals surface area (Å²) in [7, 11) is 3.21. The molecule has 1 unspecified atom stereocenters. The Morgan fingerprint density at radius 3 is 2.44 bits per heavy atom. The molecule has 0 saturated heterocycles. The maximum absolute atomic E-state index is 13.8. The van der Waals surface area contributed by atoms with Gasteiger partial charge in [-0.3, -0.25) is 14.6 Å². The van der Waals surface area contributed by atoms with Crippen LogP contribution in [0.4, 0.5) is 0 Å². The molecule has 1 aliphatic heterocycles. The van der Waals surface area contributed by atoms with Crippen LogP contribution in [-0.4, -0.2) is 37.8 Å². The van der Waals surface area contributed by atoms with Crippen LogP contribution in [0.25, 0.3) is 0 Å². The molecule has 0 N–H and O–H groups in total. The number of methoxy groups -OCH3 is 2. The highest BCUT2D eigenvalue weighted by atomic mass is 16.5. The molecule has 0 saturated carbocycles. The number of allylic oxidation sites excluding steroid dienone is 2. The average molecular weight is 490 g/mol. The molecule has 0 spiro atoms. The number of esters is 1. The van der Waals surface area contributed by atoms with E-state index >= 15 is 0 Å². The molecule has 2 aromatic rings. The number of nitrogens with zero attached hydrogens (tertiary/aromatic N) is 1. The zero-order valence-electron chi connectivity index (χ0n) is 22.0. The van der Waals surface area contributed by atoms with Crippen molar-refractivity contribution in [2.24, 2.45) is 10.9 Å². The minimum atomic E-state index is -0.624. The van der Waals surface area contributed by atoms with Crippen LogP contribution in [0.5, 0.6) is 11.5 Å². The van der Waals surface area contributed by atoms with E-state index in [0.29, 0.717) is 35.6 Å². The number of carbonyl (C=O) groups is 2. The number of benzene rings is 2. The molecule has 2 aromatic carbocycles. The summed E-state index contributed by atoms with van der Waals surface area (Å²) >= 11 is 0. The van der Waals surface area contributed by atoms with Crippen LogP contribution >= 0.6 is 0 Å². The first-order valence-corrected chi connectivity index (χ1v) is 12.6. The second-order valence-corrected chi connectivity index (χ2v) is 9.78. The van der Waals surface area contributed by atoms with Crippen molar-refractivity contribution in [2.75, 3.05) is 14.2 Å². The van der Waals surface area contributed by atoms with Crippen molar-refractivity contribution in [1.82, 2.24) is 0 Å². The molecule has 6 heteroatoms. The Morgan fingerprint density at radius 2 is 1.78 bits per heavy atom. The van der Waals surface area contributed by atoms with Crippen LogP contribution in [0, 0.1) is 12.8 Å². The van der Waals surface area contributed by atoms with Gasteiger partial charge in [0.15, 0.2) is 17.3 Å². The lowest BCUT2D eigenvalue weighted by atomic mass is 9.69. The van der Waals surface area contributed by atoms with Gasteiger partial charge in [0, 0.05) is 29.3 Å². The molecule has 36 heavy (non-hydrogen) atoms. The van der Waals surface area contributed by atoms with Crippen molar-refractivity contribution in [3.63, 3.8) is 0 Å². The Hall–Kier alpha value is -3.41. The van der Waals surface area contributed by atoms with Gasteiger partial charge in [-0.2, -0.15) is 0 Å². The van der Waals surface area contributed by atoms with E-state index in [-0.39, 0.29) is 23.8 Å². The highest BCUT2D eigenvalue weighted by Gasteiger charge is 2.45. The van der Waals surface area contributed by atoms with Crippen molar-refractivity contribution in [2.45, 2.75) is 64.9 Å². The predicted molar refractivity (Wildman–Crippen MR) is 140 cm³/mol. The minimum Gasteiger partial charge on any atom is -0.493 e. The summed E-state index contributed by atoms with van der Waals surface area (Å²) in [6, 6.07) is 13.8. The number of Topliss-reactive ketones (excluding diaryl/α,β-unsaturated/α-hetero) is 1. The normalized spacial score (nSPS) is 22.4. The Bertz CT molecular complexity index is 1230. The van der Waals surface area contributed by atoms with Gasteiger partial charge in [0.2, 0.25) is 0 Å². The molecule has 190 valence electrons. The van der Waals surface area contributed by atoms with Crippen molar-refractivity contribution in [3.05, 3.63) is 70.4 Å². The summed E-state index contributed by atoms with van der Waals surface area (Å²) in [6.07, 6.45) is 1.49. The third-order valence-corrected chi connectivity index (χ3v) is 7.32. The fourth-order valence-electron chi connectivity index (χ4n) is 5.29. The largest absolute Gasteiger partial charge is 0.493 e. The zero-order valence-corrected chi connectivity index (χ0v) is 22.0. The lowest BCUT2D eigenvalue weighted by Crippen LogP contribution is -2.39. The van der Waals surface area contributed by atoms with E-state index in [1.54, 1.807) is 14.2 Å². The van der Waals surface area contributed by atoms with E-state index < -0.39 is 11.8 Å². The van der Waals surface area contributed by atoms with Crippen LogP contribution in [-0.2, 0) is 14.3 Å². The standard InChI is InChI=1S/C30H35NO5/c1-7-18(3)36-30(33)27-19(4)31-23-14-22(20-11-12-25(34-5)26(16-20)35-6)15-24(32)29(23)28(27)21-10-8-9-17(2)13-21/h8-13,16,18,22,27-28H,7,14-15H2,1-6H3/t18-,22-,27?,28+/m1/s1.